The normalized spacial score (nSPS) is 18.5. The second-order valence-corrected chi connectivity index (χ2v) is 11.0. The third-order valence-corrected chi connectivity index (χ3v) is 8.53. The average molecular weight is 486 g/mol. The van der Waals surface area contributed by atoms with Crippen molar-refractivity contribution in [1.29, 1.82) is 0 Å². The molecule has 9 heteroatoms. The molecule has 3 heterocycles. The van der Waals surface area contributed by atoms with E-state index in [4.69, 9.17) is 10.7 Å². The maximum Gasteiger partial charge on any atom is 0.223 e. The Morgan fingerprint density at radius 2 is 1.97 bits per heavy atom. The number of nitrogens with zero attached hydrogens (tertiary/aromatic N) is 4. The van der Waals surface area contributed by atoms with Crippen LogP contribution in [0, 0.1) is 11.7 Å². The van der Waals surface area contributed by atoms with Crippen LogP contribution in [0.25, 0.3) is 10.2 Å². The second-order valence-electron chi connectivity index (χ2n) is 8.87. The van der Waals surface area contributed by atoms with Crippen molar-refractivity contribution in [2.45, 2.75) is 37.8 Å². The lowest BCUT2D eigenvalue weighted by molar-refractivity contribution is -0.131. The molecule has 1 aliphatic carbocycles. The zero-order chi connectivity index (χ0) is 22.9. The minimum atomic E-state index is -0.233. The summed E-state index contributed by atoms with van der Waals surface area (Å²) in [7, 11) is 0. The molecule has 2 aliphatic rings. The monoisotopic (exact) mass is 485 g/mol. The number of benzene rings is 1. The molecule has 0 saturated carbocycles. The number of piperazine rings is 1. The molecule has 2 N–H and O–H groups in total. The Bertz CT molecular complexity index is 1160. The molecular weight excluding hydrogens is 457 g/mol. The number of nitrogen functional groups attached to an aromatic ring is 1. The van der Waals surface area contributed by atoms with E-state index < -0.39 is 0 Å². The standard InChI is InChI=1S/C24H28FN5OS2/c1-15-2-7-18-19(14-15)33-23-21(18)22(26)27-24(28-23)32-13-8-20(31)30-11-9-29(10-12-30)17-5-3-16(25)4-6-17/h3-6,15H,2,7-14H2,1H3,(H2,26,27,28)/t15-/m0/s1. The number of hydrogen-bond acceptors (Lipinski definition) is 7. The van der Waals surface area contributed by atoms with E-state index >= 15 is 0 Å². The molecule has 33 heavy (non-hydrogen) atoms. The lowest BCUT2D eigenvalue weighted by Crippen LogP contribution is -2.48. The van der Waals surface area contributed by atoms with Gasteiger partial charge in [-0.3, -0.25) is 4.79 Å². The molecule has 1 atom stereocenters. The van der Waals surface area contributed by atoms with Gasteiger partial charge in [-0.1, -0.05) is 18.7 Å². The number of amides is 1. The molecule has 174 valence electrons. The van der Waals surface area contributed by atoms with E-state index in [1.165, 1.54) is 40.8 Å². The van der Waals surface area contributed by atoms with Crippen LogP contribution < -0.4 is 10.6 Å². The third kappa shape index (κ3) is 4.80. The fourth-order valence-corrected chi connectivity index (χ4v) is 6.89. The van der Waals surface area contributed by atoms with Crippen molar-refractivity contribution >= 4 is 50.7 Å². The van der Waals surface area contributed by atoms with Crippen molar-refractivity contribution in [2.75, 3.05) is 42.6 Å². The SMILES string of the molecule is C[C@H]1CCc2c(sc3nc(SCCC(=O)N4CCN(c5ccc(F)cc5)CC4)nc(N)c23)C1. The fourth-order valence-electron chi connectivity index (χ4n) is 4.67. The van der Waals surface area contributed by atoms with Crippen LogP contribution in [0.3, 0.4) is 0 Å². The highest BCUT2D eigenvalue weighted by atomic mass is 32.2. The summed E-state index contributed by atoms with van der Waals surface area (Å²) >= 11 is 3.25. The first-order valence-corrected chi connectivity index (χ1v) is 13.3. The quantitative estimate of drug-likeness (QED) is 0.427. The Morgan fingerprint density at radius 1 is 1.21 bits per heavy atom. The molecule has 1 amide bonds. The topological polar surface area (TPSA) is 75.4 Å². The van der Waals surface area contributed by atoms with Gasteiger partial charge in [0.25, 0.3) is 0 Å². The first-order valence-electron chi connectivity index (χ1n) is 11.5. The van der Waals surface area contributed by atoms with Crippen molar-refractivity contribution in [3.05, 3.63) is 40.5 Å². The summed E-state index contributed by atoms with van der Waals surface area (Å²) in [6, 6.07) is 6.53. The van der Waals surface area contributed by atoms with Crippen LogP contribution in [-0.4, -0.2) is 52.7 Å². The number of carbonyl (C=O) groups is 1. The Morgan fingerprint density at radius 3 is 2.73 bits per heavy atom. The molecule has 5 rings (SSSR count). The summed E-state index contributed by atoms with van der Waals surface area (Å²) in [5, 5.41) is 1.70. The number of rotatable bonds is 5. The molecule has 0 radical (unpaired) electrons. The molecule has 3 aromatic rings. The van der Waals surface area contributed by atoms with Crippen LogP contribution in [0.5, 0.6) is 0 Å². The molecule has 0 spiro atoms. The van der Waals surface area contributed by atoms with Crippen molar-refractivity contribution in [2.24, 2.45) is 5.92 Å². The van der Waals surface area contributed by atoms with Gasteiger partial charge in [-0.15, -0.1) is 11.3 Å². The first-order chi connectivity index (χ1) is 16.0. The van der Waals surface area contributed by atoms with Gasteiger partial charge in [-0.25, -0.2) is 14.4 Å². The molecule has 1 aliphatic heterocycles. The predicted octanol–water partition coefficient (Wildman–Crippen LogP) is 4.37. The number of halogens is 1. The number of anilines is 2. The number of aryl methyl sites for hydroxylation is 1. The summed E-state index contributed by atoms with van der Waals surface area (Å²) in [5.74, 6) is 1.82. The fraction of sp³-hybridized carbons (Fsp3) is 0.458. The van der Waals surface area contributed by atoms with E-state index in [1.54, 1.807) is 23.5 Å². The van der Waals surface area contributed by atoms with Crippen LogP contribution in [0.4, 0.5) is 15.9 Å². The summed E-state index contributed by atoms with van der Waals surface area (Å²) in [5.41, 5.74) is 8.66. The summed E-state index contributed by atoms with van der Waals surface area (Å²) < 4.78 is 13.1. The number of thioether (sulfide) groups is 1. The lowest BCUT2D eigenvalue weighted by Gasteiger charge is -2.36. The zero-order valence-corrected chi connectivity index (χ0v) is 20.4. The molecule has 2 aromatic heterocycles. The number of hydrogen-bond donors (Lipinski definition) is 1. The summed E-state index contributed by atoms with van der Waals surface area (Å²) in [6.45, 7) is 5.15. The molecule has 0 unspecified atom stereocenters. The largest absolute Gasteiger partial charge is 0.383 e. The lowest BCUT2D eigenvalue weighted by atomic mass is 9.89. The van der Waals surface area contributed by atoms with Gasteiger partial charge in [-0.05, 0) is 55.0 Å². The number of thiophene rings is 1. The van der Waals surface area contributed by atoms with E-state index in [2.05, 4.69) is 16.8 Å². The zero-order valence-electron chi connectivity index (χ0n) is 18.7. The Hall–Kier alpha value is -2.39. The van der Waals surface area contributed by atoms with Gasteiger partial charge < -0.3 is 15.5 Å². The molecule has 1 fully saturated rings. The van der Waals surface area contributed by atoms with Crippen molar-refractivity contribution < 1.29 is 9.18 Å². The second kappa shape index (κ2) is 9.46. The van der Waals surface area contributed by atoms with Gasteiger partial charge in [0.05, 0.1) is 5.39 Å². The van der Waals surface area contributed by atoms with Crippen LogP contribution >= 0.6 is 23.1 Å². The first kappa shape index (κ1) is 22.4. The van der Waals surface area contributed by atoms with Gasteiger partial charge in [0.1, 0.15) is 16.5 Å². The number of aromatic nitrogens is 2. The highest BCUT2D eigenvalue weighted by Crippen LogP contribution is 2.40. The minimum absolute atomic E-state index is 0.149. The highest BCUT2D eigenvalue weighted by molar-refractivity contribution is 7.99. The number of nitrogens with two attached hydrogens (primary N) is 1. The molecule has 1 saturated heterocycles. The maximum absolute atomic E-state index is 13.1. The maximum atomic E-state index is 13.1. The van der Waals surface area contributed by atoms with E-state index in [0.717, 1.165) is 41.8 Å². The van der Waals surface area contributed by atoms with Gasteiger partial charge in [0.2, 0.25) is 5.91 Å². The minimum Gasteiger partial charge on any atom is -0.383 e. The number of fused-ring (bicyclic) bond motifs is 3. The predicted molar refractivity (Wildman–Crippen MR) is 134 cm³/mol. The molecular formula is C24H28FN5OS2. The van der Waals surface area contributed by atoms with Gasteiger partial charge >= 0.3 is 0 Å². The van der Waals surface area contributed by atoms with E-state index in [0.29, 0.717) is 42.2 Å². The highest BCUT2D eigenvalue weighted by Gasteiger charge is 2.24. The molecule has 6 nitrogen and oxygen atoms in total. The van der Waals surface area contributed by atoms with Gasteiger partial charge in [0.15, 0.2) is 5.16 Å². The van der Waals surface area contributed by atoms with Crippen LogP contribution in [0.15, 0.2) is 29.4 Å². The number of carbonyl (C=O) groups excluding carboxylic acids is 1. The van der Waals surface area contributed by atoms with Crippen LogP contribution in [0.2, 0.25) is 0 Å². The van der Waals surface area contributed by atoms with Crippen molar-refractivity contribution in [1.82, 2.24) is 14.9 Å². The van der Waals surface area contributed by atoms with Crippen LogP contribution in [-0.2, 0) is 17.6 Å². The Labute approximate surface area is 201 Å². The third-order valence-electron chi connectivity index (χ3n) is 6.53. The summed E-state index contributed by atoms with van der Waals surface area (Å²) in [6.07, 6.45) is 3.79. The Kier molecular flexibility index (Phi) is 6.42. The molecule has 0 bridgehead atoms. The Balaban J connectivity index is 1.15. The smallest absolute Gasteiger partial charge is 0.223 e. The average Bonchev–Trinajstić information content (AvgIpc) is 3.17. The van der Waals surface area contributed by atoms with E-state index in [1.807, 2.05) is 4.90 Å². The molecule has 1 aromatic carbocycles. The van der Waals surface area contributed by atoms with Crippen LogP contribution in [0.1, 0.15) is 30.2 Å². The van der Waals surface area contributed by atoms with Gasteiger partial charge in [0, 0.05) is 48.9 Å². The van der Waals surface area contributed by atoms with E-state index in [-0.39, 0.29) is 11.7 Å². The van der Waals surface area contributed by atoms with Gasteiger partial charge in [-0.2, -0.15) is 0 Å². The summed E-state index contributed by atoms with van der Waals surface area (Å²) in [4.78, 5) is 28.5. The van der Waals surface area contributed by atoms with Crippen molar-refractivity contribution in [3.8, 4) is 0 Å². The van der Waals surface area contributed by atoms with Crippen molar-refractivity contribution in [3.63, 3.8) is 0 Å². The van der Waals surface area contributed by atoms with E-state index in [9.17, 15) is 9.18 Å².